The number of hydrogen-bond donors (Lipinski definition) is 2. The van der Waals surface area contributed by atoms with Crippen LogP contribution in [-0.4, -0.2) is 34.0 Å². The molecule has 5 rings (SSSR count). The maximum atomic E-state index is 13.0. The Balaban J connectivity index is 1.21. The van der Waals surface area contributed by atoms with E-state index in [1.807, 2.05) is 55.5 Å². The van der Waals surface area contributed by atoms with E-state index in [0.29, 0.717) is 36.5 Å². The van der Waals surface area contributed by atoms with Gasteiger partial charge in [0.05, 0.1) is 25.7 Å². The number of rotatable bonds is 5. The number of likely N-dealkylation sites (tertiary alicyclic amines) is 1. The zero-order valence-electron chi connectivity index (χ0n) is 18.6. The predicted octanol–water partition coefficient (Wildman–Crippen LogP) is 6.50. The van der Waals surface area contributed by atoms with Crippen LogP contribution in [0.1, 0.15) is 33.8 Å². The number of thiazole rings is 1. The lowest BCUT2D eigenvalue weighted by atomic mass is 9.84. The van der Waals surface area contributed by atoms with E-state index in [2.05, 4.69) is 21.8 Å². The van der Waals surface area contributed by atoms with Gasteiger partial charge < -0.3 is 14.7 Å². The topological polar surface area (TPSA) is 65.5 Å². The van der Waals surface area contributed by atoms with Crippen molar-refractivity contribution in [1.82, 2.24) is 9.88 Å². The molecule has 2 heterocycles. The molecule has 1 saturated heterocycles. The van der Waals surface area contributed by atoms with Crippen LogP contribution in [0.5, 0.6) is 0 Å². The number of piperidine rings is 1. The van der Waals surface area contributed by atoms with Crippen LogP contribution in [0.15, 0.2) is 71.6 Å². The number of fused-ring (bicyclic) bond motifs is 1. The molecule has 0 atom stereocenters. The van der Waals surface area contributed by atoms with Gasteiger partial charge in [-0.2, -0.15) is 0 Å². The Morgan fingerprint density at radius 2 is 1.82 bits per heavy atom. The third kappa shape index (κ3) is 4.66. The van der Waals surface area contributed by atoms with E-state index in [9.17, 15) is 9.90 Å². The fraction of sp³-hybridized carbons (Fsp3) is 0.231. The van der Waals surface area contributed by atoms with Crippen molar-refractivity contribution in [3.8, 4) is 0 Å². The van der Waals surface area contributed by atoms with Crippen LogP contribution >= 0.6 is 34.9 Å². The van der Waals surface area contributed by atoms with E-state index >= 15 is 0 Å². The Labute approximate surface area is 211 Å². The molecule has 0 spiro atoms. The van der Waals surface area contributed by atoms with E-state index < -0.39 is 5.60 Å². The molecular weight excluding hydrogens is 486 g/mol. The lowest BCUT2D eigenvalue weighted by Crippen LogP contribution is -2.45. The molecule has 0 unspecified atom stereocenters. The minimum absolute atomic E-state index is 0.0249. The predicted molar refractivity (Wildman–Crippen MR) is 141 cm³/mol. The normalized spacial score (nSPS) is 15.4. The van der Waals surface area contributed by atoms with Gasteiger partial charge in [0, 0.05) is 34.9 Å². The zero-order chi connectivity index (χ0) is 23.7. The number of anilines is 1. The first-order valence-electron chi connectivity index (χ1n) is 11.1. The number of aromatic nitrogens is 1. The lowest BCUT2D eigenvalue weighted by molar-refractivity contribution is -0.0210. The van der Waals surface area contributed by atoms with Gasteiger partial charge >= 0.3 is 0 Å². The molecule has 174 valence electrons. The number of amides is 1. The molecule has 1 amide bonds. The third-order valence-corrected chi connectivity index (χ3v) is 8.31. The molecule has 4 aromatic rings. The molecule has 0 bridgehead atoms. The van der Waals surface area contributed by atoms with Crippen molar-refractivity contribution in [3.05, 3.63) is 87.9 Å². The van der Waals surface area contributed by atoms with Gasteiger partial charge in [-0.15, -0.1) is 11.3 Å². The van der Waals surface area contributed by atoms with Crippen LogP contribution < -0.4 is 4.72 Å². The first-order valence-corrected chi connectivity index (χ1v) is 13.1. The van der Waals surface area contributed by atoms with E-state index in [0.717, 1.165) is 26.7 Å². The fourth-order valence-corrected chi connectivity index (χ4v) is 6.27. The van der Waals surface area contributed by atoms with Crippen LogP contribution in [0.3, 0.4) is 0 Å². The number of halogens is 1. The number of nitrogens with zero attached hydrogens (tertiary/aromatic N) is 2. The number of carbonyl (C=O) groups excluding carboxylic acids is 1. The molecule has 3 aromatic carbocycles. The summed E-state index contributed by atoms with van der Waals surface area (Å²) < 4.78 is 4.53. The summed E-state index contributed by atoms with van der Waals surface area (Å²) in [6.45, 7) is 2.98. The average molecular weight is 510 g/mol. The average Bonchev–Trinajstić information content (AvgIpc) is 3.24. The van der Waals surface area contributed by atoms with E-state index in [1.165, 1.54) is 16.6 Å². The number of carbonyl (C=O) groups is 1. The second-order valence-corrected chi connectivity index (χ2v) is 10.9. The maximum Gasteiger partial charge on any atom is 0.253 e. The lowest BCUT2D eigenvalue weighted by Gasteiger charge is -2.39. The molecule has 1 aliphatic heterocycles. The highest BCUT2D eigenvalue weighted by Gasteiger charge is 2.36. The molecule has 1 fully saturated rings. The van der Waals surface area contributed by atoms with Crippen molar-refractivity contribution in [2.24, 2.45) is 0 Å². The quantitative estimate of drug-likeness (QED) is 0.300. The monoisotopic (exact) mass is 509 g/mol. The standard InChI is InChI=1S/C26H24ClN3O2S2/c1-17-28-24-22(33-17)7-4-8-23(24)34-29-19-11-9-18(10-12-19)25(31)30-15-13-26(32,14-16-30)20-5-2-3-6-21(20)27/h2-12,29,32H,13-16H2,1H3. The van der Waals surface area contributed by atoms with Gasteiger partial charge in [0.2, 0.25) is 0 Å². The minimum atomic E-state index is -1.00. The third-order valence-electron chi connectivity index (χ3n) is 6.15. The summed E-state index contributed by atoms with van der Waals surface area (Å²) in [7, 11) is 0. The molecule has 2 N–H and O–H groups in total. The van der Waals surface area contributed by atoms with Crippen LogP contribution in [0.2, 0.25) is 5.02 Å². The molecule has 1 aliphatic rings. The maximum absolute atomic E-state index is 13.0. The van der Waals surface area contributed by atoms with Crippen LogP contribution in [-0.2, 0) is 5.60 Å². The summed E-state index contributed by atoms with van der Waals surface area (Å²) in [5.41, 5.74) is 2.29. The Hall–Kier alpha value is -2.58. The molecule has 34 heavy (non-hydrogen) atoms. The van der Waals surface area contributed by atoms with Crippen molar-refractivity contribution in [1.29, 1.82) is 0 Å². The van der Waals surface area contributed by atoms with Gasteiger partial charge in [-0.25, -0.2) is 4.98 Å². The van der Waals surface area contributed by atoms with Crippen LogP contribution in [0, 0.1) is 6.92 Å². The summed E-state index contributed by atoms with van der Waals surface area (Å²) in [5.74, 6) is -0.0249. The number of aryl methyl sites for hydroxylation is 1. The first-order chi connectivity index (χ1) is 16.4. The summed E-state index contributed by atoms with van der Waals surface area (Å²) in [4.78, 5) is 20.5. The van der Waals surface area contributed by atoms with Gasteiger partial charge in [-0.05, 0) is 74.2 Å². The molecule has 5 nitrogen and oxygen atoms in total. The number of benzene rings is 3. The minimum Gasteiger partial charge on any atom is -0.385 e. The smallest absolute Gasteiger partial charge is 0.253 e. The Morgan fingerprint density at radius 1 is 1.09 bits per heavy atom. The number of nitrogens with one attached hydrogen (secondary N) is 1. The van der Waals surface area contributed by atoms with Gasteiger partial charge in [0.15, 0.2) is 0 Å². The van der Waals surface area contributed by atoms with Gasteiger partial charge in [-0.3, -0.25) is 4.79 Å². The Morgan fingerprint density at radius 3 is 2.56 bits per heavy atom. The molecule has 1 aromatic heterocycles. The number of aliphatic hydroxyl groups is 1. The molecule has 0 radical (unpaired) electrons. The van der Waals surface area contributed by atoms with Crippen molar-refractivity contribution in [3.63, 3.8) is 0 Å². The number of para-hydroxylation sites is 1. The van der Waals surface area contributed by atoms with Crippen molar-refractivity contribution in [2.45, 2.75) is 30.3 Å². The Bertz CT molecular complexity index is 1330. The summed E-state index contributed by atoms with van der Waals surface area (Å²) >= 11 is 9.51. The largest absolute Gasteiger partial charge is 0.385 e. The van der Waals surface area contributed by atoms with E-state index in [1.54, 1.807) is 22.3 Å². The summed E-state index contributed by atoms with van der Waals surface area (Å²) in [6, 6.07) is 21.1. The SMILES string of the molecule is Cc1nc2c(SNc3ccc(C(=O)N4CCC(O)(c5ccccc5Cl)CC4)cc3)cccc2s1. The molecule has 8 heteroatoms. The van der Waals surface area contributed by atoms with Crippen molar-refractivity contribution < 1.29 is 9.90 Å². The fourth-order valence-electron chi connectivity index (χ4n) is 4.28. The van der Waals surface area contributed by atoms with E-state index in [-0.39, 0.29) is 5.91 Å². The van der Waals surface area contributed by atoms with Gasteiger partial charge in [0.1, 0.15) is 0 Å². The summed E-state index contributed by atoms with van der Waals surface area (Å²) in [6.07, 6.45) is 0.917. The zero-order valence-corrected chi connectivity index (χ0v) is 21.0. The second-order valence-electron chi connectivity index (χ2n) is 8.42. The highest BCUT2D eigenvalue weighted by atomic mass is 35.5. The highest BCUT2D eigenvalue weighted by Crippen LogP contribution is 2.37. The highest BCUT2D eigenvalue weighted by molar-refractivity contribution is 8.00. The van der Waals surface area contributed by atoms with Crippen molar-refractivity contribution >= 4 is 56.7 Å². The molecule has 0 saturated carbocycles. The summed E-state index contributed by atoms with van der Waals surface area (Å²) in [5, 5.41) is 12.7. The first kappa shape index (κ1) is 23.2. The van der Waals surface area contributed by atoms with E-state index in [4.69, 9.17) is 11.6 Å². The van der Waals surface area contributed by atoms with Gasteiger partial charge in [0.25, 0.3) is 5.91 Å². The molecule has 0 aliphatic carbocycles. The Kier molecular flexibility index (Phi) is 6.53. The van der Waals surface area contributed by atoms with Crippen LogP contribution in [0.4, 0.5) is 5.69 Å². The molecular formula is C26H24ClN3O2S2. The number of hydrogen-bond acceptors (Lipinski definition) is 6. The van der Waals surface area contributed by atoms with Crippen LogP contribution in [0.25, 0.3) is 10.2 Å². The van der Waals surface area contributed by atoms with Gasteiger partial charge in [-0.1, -0.05) is 35.9 Å². The van der Waals surface area contributed by atoms with Crippen molar-refractivity contribution in [2.75, 3.05) is 17.8 Å². The second kappa shape index (κ2) is 9.58.